The molecule has 0 saturated heterocycles. The van der Waals surface area contributed by atoms with Gasteiger partial charge in [-0.3, -0.25) is 4.79 Å². The van der Waals surface area contributed by atoms with Gasteiger partial charge in [-0.05, 0) is 31.2 Å². The quantitative estimate of drug-likeness (QED) is 0.419. The predicted octanol–water partition coefficient (Wildman–Crippen LogP) is 2.88. The molecule has 1 aliphatic rings. The van der Waals surface area contributed by atoms with E-state index in [1.54, 1.807) is 10.8 Å². The Morgan fingerprint density at radius 2 is 2.06 bits per heavy atom. The molecule has 0 aliphatic carbocycles. The second-order valence-corrected chi connectivity index (χ2v) is 8.02. The number of hydrogen-bond donors (Lipinski definition) is 1. The number of pyridine rings is 1. The minimum atomic E-state index is -4.69. The molecule has 1 unspecified atom stereocenters. The largest absolute Gasteiger partial charge is 0.504 e. The third kappa shape index (κ3) is 3.45. The van der Waals surface area contributed by atoms with Crippen molar-refractivity contribution in [1.82, 2.24) is 44.5 Å². The predicted molar refractivity (Wildman–Crippen MR) is 112 cm³/mol. The number of amides is 1. The number of rotatable bonds is 3. The van der Waals surface area contributed by atoms with Crippen molar-refractivity contribution in [2.45, 2.75) is 25.7 Å². The summed E-state index contributed by atoms with van der Waals surface area (Å²) in [6.07, 6.45) is -1.88. The molecular formula is C21H16F3N9O2. The van der Waals surface area contributed by atoms with Crippen molar-refractivity contribution in [3.63, 3.8) is 0 Å². The number of aromatic nitrogens is 8. The van der Waals surface area contributed by atoms with E-state index in [0.29, 0.717) is 24.4 Å². The Labute approximate surface area is 194 Å². The molecule has 1 aliphatic heterocycles. The molecule has 5 aromatic heterocycles. The van der Waals surface area contributed by atoms with Crippen molar-refractivity contribution in [2.24, 2.45) is 0 Å². The number of aromatic amines is 1. The molecule has 1 amide bonds. The number of aryl methyl sites for hydroxylation is 1. The van der Waals surface area contributed by atoms with Gasteiger partial charge in [0.15, 0.2) is 0 Å². The van der Waals surface area contributed by atoms with Gasteiger partial charge >= 0.3 is 18.1 Å². The Morgan fingerprint density at radius 1 is 1.20 bits per heavy atom. The number of carbonyl (C=O) groups excluding carboxylic acids is 1. The lowest BCUT2D eigenvalue weighted by molar-refractivity contribution is -0.212. The molecule has 5 aromatic rings. The zero-order valence-corrected chi connectivity index (χ0v) is 18.1. The number of nitrogens with one attached hydrogen (secondary N) is 1. The number of halogens is 3. The molecule has 0 bridgehead atoms. The number of fused-ring (bicyclic) bond motifs is 2. The highest BCUT2D eigenvalue weighted by Crippen LogP contribution is 2.34. The van der Waals surface area contributed by atoms with E-state index in [9.17, 15) is 18.0 Å². The monoisotopic (exact) mass is 483 g/mol. The Kier molecular flexibility index (Phi) is 4.52. The van der Waals surface area contributed by atoms with Crippen LogP contribution >= 0.6 is 0 Å². The van der Waals surface area contributed by atoms with Crippen molar-refractivity contribution in [1.29, 1.82) is 0 Å². The summed E-state index contributed by atoms with van der Waals surface area (Å²) in [5.41, 5.74) is 3.71. The summed E-state index contributed by atoms with van der Waals surface area (Å²) in [6, 6.07) is 8.08. The normalized spacial score (nSPS) is 16.1. The van der Waals surface area contributed by atoms with E-state index in [1.165, 1.54) is 4.90 Å². The van der Waals surface area contributed by atoms with Crippen molar-refractivity contribution in [2.75, 3.05) is 6.54 Å². The molecule has 14 heteroatoms. The number of H-pyrrole nitrogens is 1. The second kappa shape index (κ2) is 7.51. The fourth-order valence-corrected chi connectivity index (χ4v) is 4.22. The van der Waals surface area contributed by atoms with Gasteiger partial charge in [0.05, 0.1) is 23.2 Å². The summed E-state index contributed by atoms with van der Waals surface area (Å²) in [6.45, 7) is 2.24. The molecule has 178 valence electrons. The van der Waals surface area contributed by atoms with Gasteiger partial charge in [0.1, 0.15) is 11.7 Å². The average molecular weight is 483 g/mol. The second-order valence-electron chi connectivity index (χ2n) is 8.02. The summed E-state index contributed by atoms with van der Waals surface area (Å²) in [5.74, 6) is -1.26. The van der Waals surface area contributed by atoms with E-state index in [-0.39, 0.29) is 22.2 Å². The van der Waals surface area contributed by atoms with Crippen LogP contribution in [-0.4, -0.2) is 56.9 Å². The maximum atomic E-state index is 13.5. The summed E-state index contributed by atoms with van der Waals surface area (Å²) < 4.78 is 45.6. The van der Waals surface area contributed by atoms with Gasteiger partial charge in [-0.2, -0.15) is 14.9 Å². The van der Waals surface area contributed by atoms with Crippen molar-refractivity contribution in [3.8, 4) is 11.6 Å². The molecular weight excluding hydrogens is 467 g/mol. The van der Waals surface area contributed by atoms with E-state index < -0.39 is 18.2 Å². The summed E-state index contributed by atoms with van der Waals surface area (Å²) >= 11 is 0. The highest BCUT2D eigenvalue weighted by Gasteiger charge is 2.38. The Balaban J connectivity index is 1.37. The number of imidazole rings is 1. The summed E-state index contributed by atoms with van der Waals surface area (Å²) in [4.78, 5) is 22.5. The van der Waals surface area contributed by atoms with Crippen LogP contribution in [0.4, 0.5) is 13.2 Å². The number of nitrogens with zero attached hydrogens (tertiary/aromatic N) is 8. The first-order chi connectivity index (χ1) is 16.8. The smallest absolute Gasteiger partial charge is 0.411 e. The first kappa shape index (κ1) is 21.1. The first-order valence-corrected chi connectivity index (χ1v) is 10.5. The molecule has 0 saturated carbocycles. The van der Waals surface area contributed by atoms with Crippen molar-refractivity contribution < 1.29 is 22.4 Å². The fourth-order valence-electron chi connectivity index (χ4n) is 4.22. The molecule has 0 aromatic carbocycles. The van der Waals surface area contributed by atoms with E-state index in [2.05, 4.69) is 25.3 Å². The van der Waals surface area contributed by atoms with E-state index in [4.69, 9.17) is 9.52 Å². The Hall–Kier alpha value is -4.49. The van der Waals surface area contributed by atoms with E-state index in [0.717, 1.165) is 29.2 Å². The molecule has 1 N–H and O–H groups in total. The fraction of sp³-hybridized carbons (Fsp3) is 0.238. The van der Waals surface area contributed by atoms with Crippen LogP contribution in [0.25, 0.3) is 17.1 Å². The minimum Gasteiger partial charge on any atom is -0.411 e. The third-order valence-corrected chi connectivity index (χ3v) is 5.84. The maximum absolute atomic E-state index is 13.5. The van der Waals surface area contributed by atoms with E-state index in [1.807, 2.05) is 31.2 Å². The van der Waals surface area contributed by atoms with Crippen molar-refractivity contribution >= 4 is 11.4 Å². The molecule has 0 radical (unpaired) electrons. The van der Waals surface area contributed by atoms with Gasteiger partial charge in [-0.15, -0.1) is 23.4 Å². The van der Waals surface area contributed by atoms with Gasteiger partial charge in [-0.25, -0.2) is 9.50 Å². The summed E-state index contributed by atoms with van der Waals surface area (Å²) in [7, 11) is 0. The summed E-state index contributed by atoms with van der Waals surface area (Å²) in [5, 5.41) is 15.6. The van der Waals surface area contributed by atoms with Crippen LogP contribution in [0.3, 0.4) is 0 Å². The molecule has 0 fully saturated rings. The molecule has 1 atom stereocenters. The Bertz CT molecular complexity index is 1560. The number of carbonyl (C=O) groups is 1. The van der Waals surface area contributed by atoms with Gasteiger partial charge in [0.2, 0.25) is 0 Å². The van der Waals surface area contributed by atoms with Gasteiger partial charge in [0, 0.05) is 30.6 Å². The van der Waals surface area contributed by atoms with Crippen LogP contribution in [0.15, 0.2) is 47.3 Å². The van der Waals surface area contributed by atoms with Gasteiger partial charge in [-0.1, -0.05) is 6.07 Å². The lowest BCUT2D eigenvalue weighted by Gasteiger charge is -2.32. The maximum Gasteiger partial charge on any atom is 0.504 e. The van der Waals surface area contributed by atoms with Crippen LogP contribution in [0.1, 0.15) is 39.5 Å². The third-order valence-electron chi connectivity index (χ3n) is 5.84. The molecule has 6 heterocycles. The molecule has 0 spiro atoms. The topological polar surface area (TPSA) is 123 Å². The van der Waals surface area contributed by atoms with E-state index >= 15 is 0 Å². The van der Waals surface area contributed by atoms with Crippen molar-refractivity contribution in [3.05, 3.63) is 71.5 Å². The number of alkyl halides is 3. The zero-order chi connectivity index (χ0) is 24.3. The lowest BCUT2D eigenvalue weighted by Crippen LogP contribution is -2.41. The van der Waals surface area contributed by atoms with Gasteiger partial charge < -0.3 is 14.3 Å². The lowest BCUT2D eigenvalue weighted by atomic mass is 9.99. The van der Waals surface area contributed by atoms with Crippen LogP contribution < -0.4 is 0 Å². The Morgan fingerprint density at radius 3 is 2.83 bits per heavy atom. The molecule has 6 rings (SSSR count). The van der Waals surface area contributed by atoms with Crippen LogP contribution in [0.2, 0.25) is 0 Å². The zero-order valence-electron chi connectivity index (χ0n) is 18.1. The highest BCUT2D eigenvalue weighted by molar-refractivity contribution is 5.90. The van der Waals surface area contributed by atoms with Crippen LogP contribution in [-0.2, 0) is 12.7 Å². The minimum absolute atomic E-state index is 0.181. The van der Waals surface area contributed by atoms with Crippen LogP contribution in [0.5, 0.6) is 0 Å². The molecule has 35 heavy (non-hydrogen) atoms. The van der Waals surface area contributed by atoms with Crippen LogP contribution in [0, 0.1) is 6.92 Å². The van der Waals surface area contributed by atoms with Gasteiger partial charge in [0.25, 0.3) is 5.89 Å². The number of hydrogen-bond acceptors (Lipinski definition) is 7. The first-order valence-electron chi connectivity index (χ1n) is 10.5. The SMILES string of the molecule is Cc1cccc2cc(C3c4nc[nH]c4CCN3C(=O)c3nnc(-c4ccn(C(F)(F)F)n4)o3)nn12. The molecule has 11 nitrogen and oxygen atoms in total. The standard InChI is InChI=1S/C21H16F3N9O2/c1-11-3-2-4-12-9-15(30-33(11)12)17-16-13(25-10-26-16)5-7-31(17)20(34)19-28-27-18(35-19)14-6-8-32(29-14)21(22,23)24/h2-4,6,8-10,17H,5,7H2,1H3,(H,25,26). The average Bonchev–Trinajstić information content (AvgIpc) is 3.62. The highest BCUT2D eigenvalue weighted by atomic mass is 19.4.